The predicted octanol–water partition coefficient (Wildman–Crippen LogP) is 2.62. The van der Waals surface area contributed by atoms with E-state index >= 15 is 0 Å². The molecular formula is C15H14F3N3O2. The maximum Gasteiger partial charge on any atom is 0.416 e. The van der Waals surface area contributed by atoms with Crippen LogP contribution < -0.4 is 4.90 Å². The molecule has 1 atom stereocenters. The van der Waals surface area contributed by atoms with Crippen LogP contribution in [0.5, 0.6) is 0 Å². The Kier molecular flexibility index (Phi) is 3.63. The maximum atomic E-state index is 12.6. The van der Waals surface area contributed by atoms with Gasteiger partial charge in [-0.05, 0) is 31.2 Å². The first-order valence-electron chi connectivity index (χ1n) is 6.99. The van der Waals surface area contributed by atoms with Crippen LogP contribution in [-0.2, 0) is 12.8 Å². The van der Waals surface area contributed by atoms with Gasteiger partial charge in [-0.1, -0.05) is 0 Å². The van der Waals surface area contributed by atoms with Gasteiger partial charge in [-0.3, -0.25) is 9.48 Å². The minimum absolute atomic E-state index is 0.148. The van der Waals surface area contributed by atoms with Crippen molar-refractivity contribution in [1.29, 1.82) is 0 Å². The number of carbonyl (C=O) groups excluding carboxylic acids is 1. The van der Waals surface area contributed by atoms with Crippen molar-refractivity contribution < 1.29 is 23.1 Å². The molecule has 1 aliphatic heterocycles. The van der Waals surface area contributed by atoms with Crippen LogP contribution in [0.25, 0.3) is 0 Å². The number of hydrogen-bond donors (Lipinski definition) is 1. The van der Waals surface area contributed by atoms with Crippen LogP contribution in [0.15, 0.2) is 30.5 Å². The molecule has 23 heavy (non-hydrogen) atoms. The molecular weight excluding hydrogens is 311 g/mol. The van der Waals surface area contributed by atoms with Crippen LogP contribution >= 0.6 is 0 Å². The summed E-state index contributed by atoms with van der Waals surface area (Å²) in [5, 5.41) is 13.4. The van der Waals surface area contributed by atoms with Gasteiger partial charge in [-0.25, -0.2) is 0 Å². The summed E-state index contributed by atoms with van der Waals surface area (Å²) in [5.41, 5.74) is 0.288. The first kappa shape index (κ1) is 15.5. The third-order valence-electron chi connectivity index (χ3n) is 3.86. The summed E-state index contributed by atoms with van der Waals surface area (Å²) >= 11 is 0. The fourth-order valence-corrected chi connectivity index (χ4v) is 2.69. The highest BCUT2D eigenvalue weighted by atomic mass is 19.4. The Balaban J connectivity index is 1.97. The number of aliphatic hydroxyl groups excluding tert-OH is 1. The second kappa shape index (κ2) is 5.38. The number of halogens is 3. The number of aromatic nitrogens is 2. The molecule has 1 aromatic heterocycles. The monoisotopic (exact) mass is 325 g/mol. The van der Waals surface area contributed by atoms with E-state index in [0.717, 1.165) is 12.1 Å². The van der Waals surface area contributed by atoms with Gasteiger partial charge < -0.3 is 10.0 Å². The number of rotatable bonds is 2. The highest BCUT2D eigenvalue weighted by Gasteiger charge is 2.34. The standard InChI is InChI=1S/C15H14F3N3O2/c1-9-7-20(12-4-2-11(3-5-12)15(16,17)18)14(23)13-10(8-22)6-19-21(9)13/h2-6,9,22H,7-8H2,1H3/t9-/m0/s1. The van der Waals surface area contributed by atoms with Crippen LogP contribution in [0.1, 0.15) is 34.6 Å². The van der Waals surface area contributed by atoms with E-state index in [1.54, 1.807) is 0 Å². The van der Waals surface area contributed by atoms with E-state index in [0.29, 0.717) is 17.8 Å². The lowest BCUT2D eigenvalue weighted by Gasteiger charge is -2.32. The van der Waals surface area contributed by atoms with Gasteiger partial charge in [0, 0.05) is 17.8 Å². The lowest BCUT2D eigenvalue weighted by molar-refractivity contribution is -0.137. The fourth-order valence-electron chi connectivity index (χ4n) is 2.69. The molecule has 1 aromatic carbocycles. The molecule has 2 aromatic rings. The van der Waals surface area contributed by atoms with Crippen LogP contribution in [0.3, 0.4) is 0 Å². The van der Waals surface area contributed by atoms with E-state index in [1.807, 2.05) is 6.92 Å². The molecule has 3 rings (SSSR count). The molecule has 0 saturated heterocycles. The Morgan fingerprint density at radius 3 is 2.52 bits per heavy atom. The van der Waals surface area contributed by atoms with Crippen molar-refractivity contribution in [3.8, 4) is 0 Å². The summed E-state index contributed by atoms with van der Waals surface area (Å²) in [7, 11) is 0. The number of carbonyl (C=O) groups is 1. The highest BCUT2D eigenvalue weighted by molar-refractivity contribution is 6.06. The molecule has 2 heterocycles. The van der Waals surface area contributed by atoms with E-state index in [-0.39, 0.29) is 24.2 Å². The van der Waals surface area contributed by atoms with Gasteiger partial charge in [0.05, 0.1) is 24.4 Å². The molecule has 0 bridgehead atoms. The Hall–Kier alpha value is -2.35. The van der Waals surface area contributed by atoms with Gasteiger partial charge in [0.1, 0.15) is 5.69 Å². The first-order valence-corrected chi connectivity index (χ1v) is 6.99. The SMILES string of the molecule is C[C@H]1CN(c2ccc(C(F)(F)F)cc2)C(=O)c2c(CO)cnn21. The van der Waals surface area contributed by atoms with Crippen LogP contribution in [0, 0.1) is 0 Å². The van der Waals surface area contributed by atoms with E-state index in [2.05, 4.69) is 5.10 Å². The largest absolute Gasteiger partial charge is 0.416 e. The summed E-state index contributed by atoms with van der Waals surface area (Å²) in [4.78, 5) is 14.0. The third kappa shape index (κ3) is 2.59. The summed E-state index contributed by atoms with van der Waals surface area (Å²) < 4.78 is 39.4. The number of alkyl halides is 3. The van der Waals surface area contributed by atoms with Gasteiger partial charge in [0.15, 0.2) is 0 Å². The van der Waals surface area contributed by atoms with Crippen LogP contribution in [0.4, 0.5) is 18.9 Å². The van der Waals surface area contributed by atoms with Crippen molar-refractivity contribution in [2.45, 2.75) is 25.7 Å². The third-order valence-corrected chi connectivity index (χ3v) is 3.86. The van der Waals surface area contributed by atoms with Crippen molar-refractivity contribution in [3.63, 3.8) is 0 Å². The zero-order valence-electron chi connectivity index (χ0n) is 12.2. The van der Waals surface area contributed by atoms with Gasteiger partial charge >= 0.3 is 6.18 Å². The molecule has 1 amide bonds. The minimum atomic E-state index is -4.42. The number of benzene rings is 1. The Morgan fingerprint density at radius 1 is 1.30 bits per heavy atom. The maximum absolute atomic E-state index is 12.6. The fraction of sp³-hybridized carbons (Fsp3) is 0.333. The van der Waals surface area contributed by atoms with Crippen molar-refractivity contribution >= 4 is 11.6 Å². The number of amides is 1. The molecule has 122 valence electrons. The predicted molar refractivity (Wildman–Crippen MR) is 76.0 cm³/mol. The van der Waals surface area contributed by atoms with Crippen LogP contribution in [-0.4, -0.2) is 27.3 Å². The van der Waals surface area contributed by atoms with E-state index in [4.69, 9.17) is 0 Å². The number of fused-ring (bicyclic) bond motifs is 1. The van der Waals surface area contributed by atoms with E-state index in [1.165, 1.54) is 27.9 Å². The molecule has 0 radical (unpaired) electrons. The normalized spacial score (nSPS) is 18.2. The first-order chi connectivity index (χ1) is 10.8. The van der Waals surface area contributed by atoms with E-state index in [9.17, 15) is 23.1 Å². The molecule has 0 unspecified atom stereocenters. The molecule has 8 heteroatoms. The molecule has 0 saturated carbocycles. The lowest BCUT2D eigenvalue weighted by atomic mass is 10.1. The Morgan fingerprint density at radius 2 is 1.96 bits per heavy atom. The number of hydrogen-bond acceptors (Lipinski definition) is 3. The average Bonchev–Trinajstić information content (AvgIpc) is 2.95. The zero-order chi connectivity index (χ0) is 16.8. The van der Waals surface area contributed by atoms with Crippen molar-refractivity contribution in [2.75, 3.05) is 11.4 Å². The highest BCUT2D eigenvalue weighted by Crippen LogP contribution is 2.32. The summed E-state index contributed by atoms with van der Waals surface area (Å²) in [6, 6.07) is 4.30. The van der Waals surface area contributed by atoms with Crippen molar-refractivity contribution in [1.82, 2.24) is 9.78 Å². The summed E-state index contributed by atoms with van der Waals surface area (Å²) in [6.07, 6.45) is -2.99. The van der Waals surface area contributed by atoms with Crippen LogP contribution in [0.2, 0.25) is 0 Å². The quantitative estimate of drug-likeness (QED) is 0.923. The van der Waals surface area contributed by atoms with Gasteiger partial charge in [-0.2, -0.15) is 18.3 Å². The molecule has 1 N–H and O–H groups in total. The summed E-state index contributed by atoms with van der Waals surface area (Å²) in [5.74, 6) is -0.385. The molecule has 1 aliphatic rings. The number of aliphatic hydroxyl groups is 1. The van der Waals surface area contributed by atoms with Crippen molar-refractivity contribution in [2.24, 2.45) is 0 Å². The molecule has 5 nitrogen and oxygen atoms in total. The Bertz CT molecular complexity index is 737. The smallest absolute Gasteiger partial charge is 0.392 e. The summed E-state index contributed by atoms with van der Waals surface area (Å²) in [6.45, 7) is 1.82. The van der Waals surface area contributed by atoms with E-state index < -0.39 is 11.7 Å². The van der Waals surface area contributed by atoms with Gasteiger partial charge in [0.2, 0.25) is 0 Å². The lowest BCUT2D eigenvalue weighted by Crippen LogP contribution is -2.43. The second-order valence-electron chi connectivity index (χ2n) is 5.43. The zero-order valence-corrected chi connectivity index (χ0v) is 12.2. The number of anilines is 1. The average molecular weight is 325 g/mol. The Labute approximate surface area is 129 Å². The van der Waals surface area contributed by atoms with Gasteiger partial charge in [0.25, 0.3) is 5.91 Å². The topological polar surface area (TPSA) is 58.4 Å². The van der Waals surface area contributed by atoms with Gasteiger partial charge in [-0.15, -0.1) is 0 Å². The molecule has 0 aliphatic carbocycles. The molecule has 0 fully saturated rings. The second-order valence-corrected chi connectivity index (χ2v) is 5.43. The minimum Gasteiger partial charge on any atom is -0.392 e. The van der Waals surface area contributed by atoms with Crippen molar-refractivity contribution in [3.05, 3.63) is 47.3 Å². The number of nitrogens with zero attached hydrogens (tertiary/aromatic N) is 3. The molecule has 0 spiro atoms.